The van der Waals surface area contributed by atoms with Crippen LogP contribution in [-0.2, 0) is 10.3 Å². The molecule has 78 valence electrons. The summed E-state index contributed by atoms with van der Waals surface area (Å²) in [7, 11) is 0. The Morgan fingerprint density at radius 3 is 2.60 bits per heavy atom. The molecule has 0 bridgehead atoms. The molecule has 0 amide bonds. The second kappa shape index (κ2) is 3.28. The van der Waals surface area contributed by atoms with Gasteiger partial charge in [0.1, 0.15) is 5.82 Å². The van der Waals surface area contributed by atoms with Gasteiger partial charge in [0.15, 0.2) is 0 Å². The highest BCUT2D eigenvalue weighted by atomic mass is 19.1. The Balaban J connectivity index is 2.57. The Kier molecular flexibility index (Phi) is 2.20. The second-order valence-electron chi connectivity index (χ2n) is 4.15. The Hall–Kier alpha value is -1.47. The molecule has 15 heavy (non-hydrogen) atoms. The van der Waals surface area contributed by atoms with Crippen molar-refractivity contribution in [3.8, 4) is 0 Å². The van der Waals surface area contributed by atoms with E-state index in [0.29, 0.717) is 5.56 Å². The molecule has 0 heterocycles. The van der Waals surface area contributed by atoms with Gasteiger partial charge in [-0.1, -0.05) is 6.07 Å². The maximum atomic E-state index is 13.5. The number of benzene rings is 1. The first-order valence-corrected chi connectivity index (χ1v) is 4.95. The van der Waals surface area contributed by atoms with Gasteiger partial charge in [-0.05, 0) is 49.4 Å². The fourth-order valence-corrected chi connectivity index (χ4v) is 1.94. The van der Waals surface area contributed by atoms with Crippen LogP contribution in [0.5, 0.6) is 0 Å². The number of isocyanates is 1. The second-order valence-corrected chi connectivity index (χ2v) is 4.15. The largest absolute Gasteiger partial charge is 0.235 e. The third-order valence-corrected chi connectivity index (χ3v) is 2.97. The minimum Gasteiger partial charge on any atom is -0.211 e. The van der Waals surface area contributed by atoms with Crippen LogP contribution in [0, 0.1) is 19.7 Å². The first-order valence-electron chi connectivity index (χ1n) is 4.95. The first-order chi connectivity index (χ1) is 7.09. The van der Waals surface area contributed by atoms with Crippen molar-refractivity contribution < 1.29 is 9.18 Å². The smallest absolute Gasteiger partial charge is 0.211 e. The van der Waals surface area contributed by atoms with E-state index in [1.54, 1.807) is 13.0 Å². The van der Waals surface area contributed by atoms with E-state index in [1.165, 1.54) is 6.07 Å². The van der Waals surface area contributed by atoms with Crippen LogP contribution < -0.4 is 0 Å². The van der Waals surface area contributed by atoms with Gasteiger partial charge in [0.05, 0.1) is 5.54 Å². The lowest BCUT2D eigenvalue weighted by atomic mass is 9.97. The predicted octanol–water partition coefficient (Wildman–Crippen LogP) is 2.77. The minimum atomic E-state index is -0.474. The molecule has 0 saturated heterocycles. The number of aliphatic imine (C=N–C) groups is 1. The summed E-state index contributed by atoms with van der Waals surface area (Å²) in [6.07, 6.45) is 3.21. The molecule has 1 aliphatic carbocycles. The first kappa shape index (κ1) is 10.1. The molecule has 1 fully saturated rings. The van der Waals surface area contributed by atoms with Gasteiger partial charge in [-0.15, -0.1) is 0 Å². The van der Waals surface area contributed by atoms with E-state index in [4.69, 9.17) is 0 Å². The monoisotopic (exact) mass is 205 g/mol. The average Bonchev–Trinajstić information content (AvgIpc) is 2.93. The van der Waals surface area contributed by atoms with Crippen LogP contribution in [0.15, 0.2) is 17.1 Å². The van der Waals surface area contributed by atoms with E-state index >= 15 is 0 Å². The number of halogens is 1. The SMILES string of the molecule is Cc1cc(F)c(C)c(C2(N=C=O)CC2)c1. The molecule has 1 aromatic rings. The van der Waals surface area contributed by atoms with Crippen molar-refractivity contribution in [3.05, 3.63) is 34.6 Å². The number of nitrogens with zero attached hydrogens (tertiary/aromatic N) is 1. The Bertz CT molecular complexity index is 457. The lowest BCUT2D eigenvalue weighted by Gasteiger charge is -2.13. The zero-order valence-corrected chi connectivity index (χ0v) is 8.80. The molecule has 0 aromatic heterocycles. The van der Waals surface area contributed by atoms with E-state index in [9.17, 15) is 9.18 Å². The van der Waals surface area contributed by atoms with Crippen LogP contribution in [0.25, 0.3) is 0 Å². The van der Waals surface area contributed by atoms with Gasteiger partial charge in [0.25, 0.3) is 0 Å². The lowest BCUT2D eigenvalue weighted by molar-refractivity contribution is 0.554. The van der Waals surface area contributed by atoms with Crippen molar-refractivity contribution in [3.63, 3.8) is 0 Å². The van der Waals surface area contributed by atoms with Crippen LogP contribution in [-0.4, -0.2) is 6.08 Å². The summed E-state index contributed by atoms with van der Waals surface area (Å²) >= 11 is 0. The number of hydrogen-bond acceptors (Lipinski definition) is 2. The average molecular weight is 205 g/mol. The summed E-state index contributed by atoms with van der Waals surface area (Å²) in [6, 6.07) is 3.41. The zero-order chi connectivity index (χ0) is 11.1. The van der Waals surface area contributed by atoms with Crippen molar-refractivity contribution in [2.24, 2.45) is 4.99 Å². The Labute approximate surface area is 87.8 Å². The van der Waals surface area contributed by atoms with Gasteiger partial charge in [-0.3, -0.25) is 0 Å². The summed E-state index contributed by atoms with van der Waals surface area (Å²) < 4.78 is 13.5. The normalized spacial score (nSPS) is 17.0. The summed E-state index contributed by atoms with van der Waals surface area (Å²) in [5.74, 6) is -0.225. The van der Waals surface area contributed by atoms with Crippen molar-refractivity contribution in [1.29, 1.82) is 0 Å². The summed E-state index contributed by atoms with van der Waals surface area (Å²) in [6.45, 7) is 3.57. The molecule has 0 unspecified atom stereocenters. The molecule has 1 saturated carbocycles. The van der Waals surface area contributed by atoms with Crippen LogP contribution in [0.4, 0.5) is 4.39 Å². The van der Waals surface area contributed by atoms with Crippen LogP contribution in [0.1, 0.15) is 29.5 Å². The number of aryl methyl sites for hydroxylation is 1. The standard InChI is InChI=1S/C12H12FNO/c1-8-5-10(9(2)11(13)6-8)12(3-4-12)14-7-15/h5-6H,3-4H2,1-2H3. The fraction of sp³-hybridized carbons (Fsp3) is 0.417. The van der Waals surface area contributed by atoms with E-state index in [0.717, 1.165) is 24.0 Å². The topological polar surface area (TPSA) is 29.4 Å². The molecule has 3 heteroatoms. The van der Waals surface area contributed by atoms with Gasteiger partial charge in [-0.2, -0.15) is 4.99 Å². The van der Waals surface area contributed by atoms with Gasteiger partial charge >= 0.3 is 0 Å². The van der Waals surface area contributed by atoms with Gasteiger partial charge in [0, 0.05) is 0 Å². The molecular weight excluding hydrogens is 193 g/mol. The van der Waals surface area contributed by atoms with Crippen LogP contribution >= 0.6 is 0 Å². The molecule has 0 atom stereocenters. The van der Waals surface area contributed by atoms with Gasteiger partial charge < -0.3 is 0 Å². The highest BCUT2D eigenvalue weighted by Gasteiger charge is 2.46. The molecule has 0 spiro atoms. The van der Waals surface area contributed by atoms with Crippen molar-refractivity contribution >= 4 is 6.08 Å². The van der Waals surface area contributed by atoms with Crippen molar-refractivity contribution in [2.75, 3.05) is 0 Å². The van der Waals surface area contributed by atoms with E-state index in [-0.39, 0.29) is 5.82 Å². The molecule has 0 radical (unpaired) electrons. The molecule has 1 aromatic carbocycles. The van der Waals surface area contributed by atoms with Gasteiger partial charge in [-0.25, -0.2) is 9.18 Å². The van der Waals surface area contributed by atoms with Crippen molar-refractivity contribution in [1.82, 2.24) is 0 Å². The predicted molar refractivity (Wildman–Crippen MR) is 54.9 cm³/mol. The highest BCUT2D eigenvalue weighted by molar-refractivity contribution is 5.45. The van der Waals surface area contributed by atoms with Crippen LogP contribution in [0.3, 0.4) is 0 Å². The van der Waals surface area contributed by atoms with E-state index < -0.39 is 5.54 Å². The molecule has 1 aliphatic rings. The minimum absolute atomic E-state index is 0.225. The molecule has 0 aliphatic heterocycles. The highest BCUT2D eigenvalue weighted by Crippen LogP contribution is 2.50. The number of rotatable bonds is 2. The summed E-state index contributed by atoms with van der Waals surface area (Å²) in [5, 5.41) is 0. The molecule has 2 nitrogen and oxygen atoms in total. The zero-order valence-electron chi connectivity index (χ0n) is 8.80. The van der Waals surface area contributed by atoms with E-state index in [1.807, 2.05) is 13.0 Å². The molecule has 0 N–H and O–H groups in total. The summed E-state index contributed by atoms with van der Waals surface area (Å²) in [4.78, 5) is 14.1. The van der Waals surface area contributed by atoms with E-state index in [2.05, 4.69) is 4.99 Å². The fourth-order valence-electron chi connectivity index (χ4n) is 1.94. The Morgan fingerprint density at radius 2 is 2.07 bits per heavy atom. The quantitative estimate of drug-likeness (QED) is 0.539. The number of carbonyl (C=O) groups excluding carboxylic acids is 1. The lowest BCUT2D eigenvalue weighted by Crippen LogP contribution is -2.07. The number of hydrogen-bond donors (Lipinski definition) is 0. The van der Waals surface area contributed by atoms with Gasteiger partial charge in [0.2, 0.25) is 6.08 Å². The molecule has 2 rings (SSSR count). The van der Waals surface area contributed by atoms with Crippen LogP contribution in [0.2, 0.25) is 0 Å². The molecular formula is C12H12FNO. The van der Waals surface area contributed by atoms with Crippen molar-refractivity contribution in [2.45, 2.75) is 32.2 Å². The third kappa shape index (κ3) is 1.59. The maximum absolute atomic E-state index is 13.5. The summed E-state index contributed by atoms with van der Waals surface area (Å²) in [5.41, 5.74) is 1.82. The Morgan fingerprint density at radius 1 is 1.40 bits per heavy atom. The third-order valence-electron chi connectivity index (χ3n) is 2.97. The maximum Gasteiger partial charge on any atom is 0.235 e.